The number of ether oxygens (including phenoxy) is 1. The fraction of sp³-hybridized carbons (Fsp3) is 0.0938. The van der Waals surface area contributed by atoms with Gasteiger partial charge in [0.2, 0.25) is 0 Å². The normalized spacial score (nSPS) is 11.9. The number of rotatable bonds is 9. The smallest absolute Gasteiger partial charge is 0.287 e. The van der Waals surface area contributed by atoms with Crippen molar-refractivity contribution in [3.8, 4) is 5.75 Å². The summed E-state index contributed by atoms with van der Waals surface area (Å²) in [6.07, 6.45) is 5.12. The molecule has 0 aromatic heterocycles. The van der Waals surface area contributed by atoms with Crippen LogP contribution in [0.5, 0.6) is 5.75 Å². The molecule has 0 unspecified atom stereocenters. The summed E-state index contributed by atoms with van der Waals surface area (Å²) in [4.78, 5) is 26.0. The van der Waals surface area contributed by atoms with Crippen molar-refractivity contribution in [1.82, 2.24) is 10.7 Å². The van der Waals surface area contributed by atoms with E-state index in [1.54, 1.807) is 36.6 Å². The number of benzene rings is 4. The van der Waals surface area contributed by atoms with Gasteiger partial charge in [-0.3, -0.25) is 9.59 Å². The fourth-order valence-electron chi connectivity index (χ4n) is 3.93. The van der Waals surface area contributed by atoms with E-state index >= 15 is 0 Å². The van der Waals surface area contributed by atoms with Gasteiger partial charge >= 0.3 is 0 Å². The fourth-order valence-corrected chi connectivity index (χ4v) is 3.93. The molecular weight excluding hydrogens is 474 g/mol. The van der Waals surface area contributed by atoms with Crippen molar-refractivity contribution in [2.24, 2.45) is 5.10 Å². The first-order chi connectivity index (χ1) is 18.5. The van der Waals surface area contributed by atoms with Crippen LogP contribution < -0.4 is 15.5 Å². The van der Waals surface area contributed by atoms with Gasteiger partial charge in [-0.25, -0.2) is 5.43 Å². The van der Waals surface area contributed by atoms with Crippen molar-refractivity contribution < 1.29 is 14.3 Å². The Balaban J connectivity index is 1.61. The van der Waals surface area contributed by atoms with E-state index in [1.165, 1.54) is 0 Å². The molecule has 38 heavy (non-hydrogen) atoms. The molecule has 0 saturated heterocycles. The van der Waals surface area contributed by atoms with E-state index in [0.717, 1.165) is 27.5 Å². The lowest BCUT2D eigenvalue weighted by Gasteiger charge is -2.11. The number of allylic oxidation sites excluding steroid dienone is 2. The summed E-state index contributed by atoms with van der Waals surface area (Å²) in [6.45, 7) is 4.27. The third kappa shape index (κ3) is 6.83. The Morgan fingerprint density at radius 1 is 0.868 bits per heavy atom. The van der Waals surface area contributed by atoms with Gasteiger partial charge in [0, 0.05) is 11.1 Å². The maximum atomic E-state index is 13.2. The van der Waals surface area contributed by atoms with E-state index in [-0.39, 0.29) is 5.70 Å². The zero-order valence-corrected chi connectivity index (χ0v) is 21.3. The number of hydrogen-bond acceptors (Lipinski definition) is 4. The average Bonchev–Trinajstić information content (AvgIpc) is 2.94. The third-order valence-corrected chi connectivity index (χ3v) is 5.68. The van der Waals surface area contributed by atoms with Gasteiger partial charge in [-0.2, -0.15) is 5.10 Å². The molecule has 0 aliphatic rings. The van der Waals surface area contributed by atoms with Crippen LogP contribution in [0.2, 0.25) is 0 Å². The molecule has 2 amide bonds. The standard InChI is InChI=1S/C32H29N3O3/c1-3-38-30-19-18-25-14-10-11-17-27(25)28(30)22-33-35-32(37)29(34-31(36)26-15-8-5-9-16-26)21-23(2)20-24-12-6-4-7-13-24/h4-22H,3H2,1-2H3,(H,34,36)(H,35,37)/b23-20+,29-21-,33-22+. The highest BCUT2D eigenvalue weighted by atomic mass is 16.5. The molecule has 4 rings (SSSR count). The van der Waals surface area contributed by atoms with Gasteiger partial charge in [-0.15, -0.1) is 0 Å². The molecule has 0 radical (unpaired) electrons. The highest BCUT2D eigenvalue weighted by Gasteiger charge is 2.14. The van der Waals surface area contributed by atoms with Crippen LogP contribution in [0.15, 0.2) is 120 Å². The van der Waals surface area contributed by atoms with Gasteiger partial charge in [0.1, 0.15) is 11.4 Å². The van der Waals surface area contributed by atoms with E-state index < -0.39 is 11.8 Å². The Hall–Kier alpha value is -4.97. The molecule has 190 valence electrons. The van der Waals surface area contributed by atoms with Crippen LogP contribution in [0, 0.1) is 0 Å². The minimum Gasteiger partial charge on any atom is -0.493 e. The van der Waals surface area contributed by atoms with Crippen LogP contribution in [-0.2, 0) is 4.79 Å². The molecule has 0 fully saturated rings. The summed E-state index contributed by atoms with van der Waals surface area (Å²) in [5.74, 6) is -0.278. The van der Waals surface area contributed by atoms with E-state index in [0.29, 0.717) is 17.9 Å². The second kappa shape index (κ2) is 12.8. The lowest BCUT2D eigenvalue weighted by Crippen LogP contribution is -2.33. The summed E-state index contributed by atoms with van der Waals surface area (Å²) in [5, 5.41) is 8.92. The second-order valence-electron chi connectivity index (χ2n) is 8.51. The quantitative estimate of drug-likeness (QED) is 0.125. The molecule has 0 aliphatic carbocycles. The van der Waals surface area contributed by atoms with E-state index in [9.17, 15) is 9.59 Å². The van der Waals surface area contributed by atoms with Crippen molar-refractivity contribution in [3.63, 3.8) is 0 Å². The largest absolute Gasteiger partial charge is 0.493 e. The number of carbonyl (C=O) groups excluding carboxylic acids is 2. The minimum absolute atomic E-state index is 0.0728. The summed E-state index contributed by atoms with van der Waals surface area (Å²) in [7, 11) is 0. The van der Waals surface area contributed by atoms with Gasteiger partial charge in [0.25, 0.3) is 11.8 Å². The van der Waals surface area contributed by atoms with E-state index in [2.05, 4.69) is 15.8 Å². The summed E-state index contributed by atoms with van der Waals surface area (Å²) >= 11 is 0. The van der Waals surface area contributed by atoms with Crippen LogP contribution in [0.1, 0.15) is 35.3 Å². The molecule has 4 aromatic rings. The number of carbonyl (C=O) groups is 2. The topological polar surface area (TPSA) is 79.8 Å². The van der Waals surface area contributed by atoms with Gasteiger partial charge in [-0.1, -0.05) is 84.9 Å². The molecule has 0 saturated carbocycles. The maximum Gasteiger partial charge on any atom is 0.287 e. The van der Waals surface area contributed by atoms with Crippen LogP contribution in [0.25, 0.3) is 16.8 Å². The number of nitrogens with zero attached hydrogens (tertiary/aromatic N) is 1. The van der Waals surface area contributed by atoms with Crippen molar-refractivity contribution >= 4 is 34.9 Å². The number of fused-ring (bicyclic) bond motifs is 1. The lowest BCUT2D eigenvalue weighted by molar-refractivity contribution is -0.117. The molecule has 2 N–H and O–H groups in total. The Morgan fingerprint density at radius 2 is 1.55 bits per heavy atom. The average molecular weight is 504 g/mol. The minimum atomic E-state index is -0.551. The zero-order chi connectivity index (χ0) is 26.7. The van der Waals surface area contributed by atoms with Gasteiger partial charge < -0.3 is 10.1 Å². The molecule has 6 heteroatoms. The first kappa shape index (κ1) is 26.1. The number of amides is 2. The number of hydrogen-bond donors (Lipinski definition) is 2. The van der Waals surface area contributed by atoms with Crippen molar-refractivity contribution in [1.29, 1.82) is 0 Å². The number of hydrazone groups is 1. The summed E-state index contributed by atoms with van der Waals surface area (Å²) < 4.78 is 5.78. The monoisotopic (exact) mass is 503 g/mol. The summed E-state index contributed by atoms with van der Waals surface area (Å²) in [6, 6.07) is 30.2. The second-order valence-corrected chi connectivity index (χ2v) is 8.51. The zero-order valence-electron chi connectivity index (χ0n) is 21.3. The van der Waals surface area contributed by atoms with Crippen molar-refractivity contribution in [2.75, 3.05) is 6.61 Å². The molecule has 0 bridgehead atoms. The number of nitrogens with one attached hydrogen (secondary N) is 2. The van der Waals surface area contributed by atoms with Crippen LogP contribution in [0.3, 0.4) is 0 Å². The van der Waals surface area contributed by atoms with Crippen molar-refractivity contribution in [3.05, 3.63) is 131 Å². The lowest BCUT2D eigenvalue weighted by atomic mass is 10.0. The van der Waals surface area contributed by atoms with E-state index in [1.807, 2.05) is 92.7 Å². The van der Waals surface area contributed by atoms with Crippen molar-refractivity contribution in [2.45, 2.75) is 13.8 Å². The predicted octanol–water partition coefficient (Wildman–Crippen LogP) is 6.11. The summed E-state index contributed by atoms with van der Waals surface area (Å²) in [5.41, 5.74) is 5.59. The van der Waals surface area contributed by atoms with Gasteiger partial charge in [0.05, 0.1) is 12.8 Å². The van der Waals surface area contributed by atoms with Crippen LogP contribution in [0.4, 0.5) is 0 Å². The molecule has 6 nitrogen and oxygen atoms in total. The first-order valence-corrected chi connectivity index (χ1v) is 12.3. The Kier molecular flexibility index (Phi) is 8.81. The molecule has 0 spiro atoms. The molecule has 4 aromatic carbocycles. The first-order valence-electron chi connectivity index (χ1n) is 12.3. The van der Waals surface area contributed by atoms with Crippen LogP contribution in [-0.4, -0.2) is 24.6 Å². The van der Waals surface area contributed by atoms with Gasteiger partial charge in [-0.05, 0) is 60.0 Å². The van der Waals surface area contributed by atoms with Gasteiger partial charge in [0.15, 0.2) is 0 Å². The Labute approximate surface area is 222 Å². The highest BCUT2D eigenvalue weighted by molar-refractivity contribution is 6.05. The molecule has 0 atom stereocenters. The highest BCUT2D eigenvalue weighted by Crippen LogP contribution is 2.26. The SMILES string of the molecule is CCOc1ccc2ccccc2c1/C=N/NC(=O)/C(=C/C(C)=C/c1ccccc1)NC(=O)c1ccccc1. The maximum absolute atomic E-state index is 13.2. The van der Waals surface area contributed by atoms with Crippen LogP contribution >= 0.6 is 0 Å². The Bertz CT molecular complexity index is 1510. The molecule has 0 aliphatic heterocycles. The predicted molar refractivity (Wildman–Crippen MR) is 153 cm³/mol. The molecule has 0 heterocycles. The van der Waals surface area contributed by atoms with E-state index in [4.69, 9.17) is 4.74 Å². The Morgan fingerprint density at radius 3 is 2.29 bits per heavy atom. The third-order valence-electron chi connectivity index (χ3n) is 5.68. The molecular formula is C32H29N3O3.